The number of hydrogen-bond donors (Lipinski definition) is 0. The van der Waals surface area contributed by atoms with E-state index in [1.807, 2.05) is 6.92 Å². The summed E-state index contributed by atoms with van der Waals surface area (Å²) in [6, 6.07) is 0. The van der Waals surface area contributed by atoms with Gasteiger partial charge in [0.15, 0.2) is 5.79 Å². The summed E-state index contributed by atoms with van der Waals surface area (Å²) in [5.41, 5.74) is 0. The van der Waals surface area contributed by atoms with Crippen LogP contribution in [0.15, 0.2) is 0 Å². The first-order chi connectivity index (χ1) is 11.9. The van der Waals surface area contributed by atoms with Crippen molar-refractivity contribution in [2.75, 3.05) is 13.2 Å². The monoisotopic (exact) mass is 404 g/mol. The molecule has 26 heavy (non-hydrogen) atoms. The Kier molecular flexibility index (Phi) is 20.0. The molecule has 0 saturated heterocycles. The first-order valence-electron chi connectivity index (χ1n) is 10.1. The van der Waals surface area contributed by atoms with Crippen LogP contribution in [0, 0.1) is 0 Å². The molecule has 0 N–H and O–H groups in total. The van der Waals surface area contributed by atoms with Gasteiger partial charge in [0.05, 0.1) is 6.61 Å². The van der Waals surface area contributed by atoms with E-state index in [1.54, 1.807) is 13.8 Å². The van der Waals surface area contributed by atoms with Crippen molar-refractivity contribution >= 4 is 40.0 Å². The van der Waals surface area contributed by atoms with Crippen molar-refractivity contribution in [1.82, 2.24) is 0 Å². The molecular formula is C19H41NaO5S. The van der Waals surface area contributed by atoms with E-state index < -0.39 is 16.2 Å². The van der Waals surface area contributed by atoms with Crippen molar-refractivity contribution in [1.29, 1.82) is 0 Å². The van der Waals surface area contributed by atoms with Gasteiger partial charge < -0.3 is 4.74 Å². The van der Waals surface area contributed by atoms with Gasteiger partial charge in [-0.05, 0) is 27.2 Å². The first-order valence-corrected chi connectivity index (χ1v) is 11.5. The third kappa shape index (κ3) is 17.0. The van der Waals surface area contributed by atoms with Gasteiger partial charge in [-0.25, -0.2) is 8.37 Å². The van der Waals surface area contributed by atoms with Crippen LogP contribution in [0.1, 0.15) is 105 Å². The summed E-state index contributed by atoms with van der Waals surface area (Å²) >= 11 is 0. The molecule has 0 aromatic heterocycles. The summed E-state index contributed by atoms with van der Waals surface area (Å²) < 4.78 is 38.7. The van der Waals surface area contributed by atoms with Crippen LogP contribution < -0.4 is 0 Å². The fourth-order valence-corrected chi connectivity index (χ4v) is 3.84. The molecule has 0 fully saturated rings. The predicted molar refractivity (Wildman–Crippen MR) is 110 cm³/mol. The molecule has 0 aliphatic rings. The molecule has 0 aliphatic carbocycles. The van der Waals surface area contributed by atoms with Crippen molar-refractivity contribution in [3.8, 4) is 0 Å². The Labute approximate surface area is 184 Å². The maximum absolute atomic E-state index is 11.7. The quantitative estimate of drug-likeness (QED) is 0.181. The third-order valence-corrected chi connectivity index (χ3v) is 5.31. The van der Waals surface area contributed by atoms with E-state index >= 15 is 0 Å². The van der Waals surface area contributed by atoms with E-state index in [-0.39, 0.29) is 36.2 Å². The van der Waals surface area contributed by atoms with Gasteiger partial charge in [-0.15, -0.1) is 0 Å². The summed E-state index contributed by atoms with van der Waals surface area (Å²) in [5, 5.41) is 0. The van der Waals surface area contributed by atoms with Crippen LogP contribution in [0.2, 0.25) is 0 Å². The number of ether oxygens (including phenoxy) is 1. The van der Waals surface area contributed by atoms with Crippen LogP contribution in [0.5, 0.6) is 0 Å². The molecule has 0 heterocycles. The van der Waals surface area contributed by atoms with Gasteiger partial charge in [-0.3, -0.25) is 0 Å². The zero-order valence-electron chi connectivity index (χ0n) is 16.8. The molecule has 0 radical (unpaired) electrons. The van der Waals surface area contributed by atoms with Crippen LogP contribution in [0.4, 0.5) is 0 Å². The molecule has 0 aliphatic heterocycles. The van der Waals surface area contributed by atoms with Crippen molar-refractivity contribution in [2.45, 2.75) is 111 Å². The maximum atomic E-state index is 11.7. The molecule has 0 saturated carbocycles. The molecule has 1 atom stereocenters. The third-order valence-electron chi connectivity index (χ3n) is 4.22. The predicted octanol–water partition coefficient (Wildman–Crippen LogP) is 5.09. The Bertz CT molecular complexity index is 403. The van der Waals surface area contributed by atoms with E-state index in [0.29, 0.717) is 13.0 Å². The van der Waals surface area contributed by atoms with E-state index in [2.05, 4.69) is 11.1 Å². The second kappa shape index (κ2) is 17.9. The van der Waals surface area contributed by atoms with Crippen molar-refractivity contribution in [3.63, 3.8) is 0 Å². The zero-order valence-corrected chi connectivity index (χ0v) is 17.7. The minimum absolute atomic E-state index is 0. The van der Waals surface area contributed by atoms with Gasteiger partial charge in [-0.2, -0.15) is 8.42 Å². The van der Waals surface area contributed by atoms with E-state index in [9.17, 15) is 8.42 Å². The Morgan fingerprint density at radius 3 is 1.62 bits per heavy atom. The first kappa shape index (κ1) is 29.0. The molecule has 0 aromatic carbocycles. The molecule has 0 amide bonds. The van der Waals surface area contributed by atoms with Crippen LogP contribution >= 0.6 is 0 Å². The van der Waals surface area contributed by atoms with E-state index in [0.717, 1.165) is 12.8 Å². The van der Waals surface area contributed by atoms with Gasteiger partial charge in [0.2, 0.25) is 0 Å². The Hall–Kier alpha value is 0.830. The Morgan fingerprint density at radius 2 is 1.19 bits per heavy atom. The summed E-state index contributed by atoms with van der Waals surface area (Å²) in [6.07, 6.45) is 14.3. The molecule has 7 heteroatoms. The van der Waals surface area contributed by atoms with E-state index in [1.165, 1.54) is 57.8 Å². The molecule has 0 bridgehead atoms. The molecule has 0 aromatic rings. The van der Waals surface area contributed by atoms with Gasteiger partial charge in [0.1, 0.15) is 0 Å². The summed E-state index contributed by atoms with van der Waals surface area (Å²) in [4.78, 5) is 0. The average Bonchev–Trinajstić information content (AvgIpc) is 2.52. The molecular weight excluding hydrogens is 363 g/mol. The standard InChI is InChI=1S/C19H40O5S.Na.H/c1-5-8-9-10-11-12-13-14-15-16-17-18-19(4,22-6-2)24-25(20,21)23-7-3;;/h5-18H2,1-4H3;;. The topological polar surface area (TPSA) is 61.8 Å². The van der Waals surface area contributed by atoms with Crippen LogP contribution in [-0.2, 0) is 23.5 Å². The Balaban J connectivity index is 0. The van der Waals surface area contributed by atoms with Gasteiger partial charge in [0, 0.05) is 13.0 Å². The second-order valence-corrected chi connectivity index (χ2v) is 7.97. The van der Waals surface area contributed by atoms with Crippen LogP contribution in [0.3, 0.4) is 0 Å². The normalized spacial score (nSPS) is 14.0. The van der Waals surface area contributed by atoms with Gasteiger partial charge >= 0.3 is 40.0 Å². The molecule has 5 nitrogen and oxygen atoms in total. The molecule has 0 spiro atoms. The second-order valence-electron chi connectivity index (χ2n) is 6.75. The molecule has 0 rings (SSSR count). The summed E-state index contributed by atoms with van der Waals surface area (Å²) in [7, 11) is -4.00. The summed E-state index contributed by atoms with van der Waals surface area (Å²) in [5.74, 6) is -1.14. The van der Waals surface area contributed by atoms with E-state index in [4.69, 9.17) is 8.92 Å². The fourth-order valence-electron chi connectivity index (χ4n) is 2.94. The van der Waals surface area contributed by atoms with Crippen molar-refractivity contribution in [3.05, 3.63) is 0 Å². The molecule has 1 unspecified atom stereocenters. The van der Waals surface area contributed by atoms with Crippen LogP contribution in [0.25, 0.3) is 0 Å². The molecule has 154 valence electrons. The number of unbranched alkanes of at least 4 members (excludes halogenated alkanes) is 10. The summed E-state index contributed by atoms with van der Waals surface area (Å²) in [6.45, 7) is 7.81. The van der Waals surface area contributed by atoms with Crippen molar-refractivity contribution < 1.29 is 21.5 Å². The minimum atomic E-state index is -4.00. The SMILES string of the molecule is CCCCCCCCCCCCCC(C)(OCC)OS(=O)(=O)OCC.[NaH]. The van der Waals surface area contributed by atoms with Gasteiger partial charge in [0.25, 0.3) is 0 Å². The van der Waals surface area contributed by atoms with Crippen molar-refractivity contribution in [2.24, 2.45) is 0 Å². The average molecular weight is 405 g/mol. The fraction of sp³-hybridized carbons (Fsp3) is 1.00. The number of rotatable bonds is 18. The number of hydrogen-bond acceptors (Lipinski definition) is 5. The zero-order chi connectivity index (χ0) is 19.0. The van der Waals surface area contributed by atoms with Crippen LogP contribution in [-0.4, -0.2) is 57.0 Å². The van der Waals surface area contributed by atoms with Gasteiger partial charge in [-0.1, -0.05) is 71.1 Å². The Morgan fingerprint density at radius 1 is 0.731 bits per heavy atom.